The van der Waals surface area contributed by atoms with Gasteiger partial charge in [-0.3, -0.25) is 0 Å². The van der Waals surface area contributed by atoms with E-state index in [1.165, 1.54) is 36.8 Å². The van der Waals surface area contributed by atoms with Gasteiger partial charge in [0, 0.05) is 0 Å². The van der Waals surface area contributed by atoms with Gasteiger partial charge in [0.1, 0.15) is 0 Å². The third-order valence-corrected chi connectivity index (χ3v) is 2.47. The van der Waals surface area contributed by atoms with Gasteiger partial charge in [0.15, 0.2) is 0 Å². The third-order valence-electron chi connectivity index (χ3n) is 2.47. The van der Waals surface area contributed by atoms with Crippen LogP contribution in [0.5, 0.6) is 0 Å². The van der Waals surface area contributed by atoms with Gasteiger partial charge in [-0.2, -0.15) is 0 Å². The fraction of sp³-hybridized carbons (Fsp3) is 0.533. The zero-order valence-electron chi connectivity index (χ0n) is 10.6. The van der Waals surface area contributed by atoms with Crippen molar-refractivity contribution >= 4 is 0 Å². The van der Waals surface area contributed by atoms with Gasteiger partial charge in [-0.25, -0.2) is 0 Å². The average Bonchev–Trinajstić information content (AvgIpc) is 2.18. The van der Waals surface area contributed by atoms with Gasteiger partial charge >= 0.3 is 0 Å². The molecule has 0 fully saturated rings. The lowest BCUT2D eigenvalue weighted by Crippen LogP contribution is -1.79. The van der Waals surface area contributed by atoms with Gasteiger partial charge in [-0.15, -0.1) is 0 Å². The lowest BCUT2D eigenvalue weighted by atomic mass is 10.1. The molecule has 0 aliphatic carbocycles. The molecule has 0 atom stereocenters. The first-order valence-corrected chi connectivity index (χ1v) is 5.92. The van der Waals surface area contributed by atoms with Gasteiger partial charge in [-0.1, -0.05) is 35.5 Å². The van der Waals surface area contributed by atoms with Crippen LogP contribution in [-0.2, 0) is 0 Å². The highest BCUT2D eigenvalue weighted by molar-refractivity contribution is 5.04. The Kier molecular flexibility index (Phi) is 9.26. The molecule has 0 heteroatoms. The fourth-order valence-corrected chi connectivity index (χ4v) is 1.47. The molecule has 0 N–H and O–H groups in total. The molecule has 0 aliphatic rings. The molecule has 0 spiro atoms. The van der Waals surface area contributed by atoms with Crippen LogP contribution >= 0.6 is 0 Å². The SMILES string of the molecule is [CH2]C/C=C(\C)CC/C=C(\C)CC/C=C/C. The largest absolute Gasteiger partial charge is 0.0917 e. The maximum atomic E-state index is 3.82. The van der Waals surface area contributed by atoms with Gasteiger partial charge < -0.3 is 0 Å². The third kappa shape index (κ3) is 9.52. The van der Waals surface area contributed by atoms with Crippen molar-refractivity contribution in [3.05, 3.63) is 42.4 Å². The number of allylic oxidation sites excluding steroid dienone is 6. The lowest BCUT2D eigenvalue weighted by Gasteiger charge is -2.00. The van der Waals surface area contributed by atoms with Crippen LogP contribution < -0.4 is 0 Å². The van der Waals surface area contributed by atoms with E-state index in [1.54, 1.807) is 0 Å². The zero-order valence-corrected chi connectivity index (χ0v) is 10.6. The van der Waals surface area contributed by atoms with Crippen LogP contribution in [0.25, 0.3) is 0 Å². The first-order valence-electron chi connectivity index (χ1n) is 5.92. The number of hydrogen-bond acceptors (Lipinski definition) is 0. The van der Waals surface area contributed by atoms with Crippen molar-refractivity contribution in [2.45, 2.75) is 52.9 Å². The van der Waals surface area contributed by atoms with Crippen LogP contribution in [0.3, 0.4) is 0 Å². The normalized spacial score (nSPS) is 13.9. The summed E-state index contributed by atoms with van der Waals surface area (Å²) in [7, 11) is 0. The Morgan fingerprint density at radius 2 is 1.60 bits per heavy atom. The number of hydrogen-bond donors (Lipinski definition) is 0. The van der Waals surface area contributed by atoms with Gasteiger partial charge in [0.2, 0.25) is 0 Å². The highest BCUT2D eigenvalue weighted by atomic mass is 14.0. The summed E-state index contributed by atoms with van der Waals surface area (Å²) < 4.78 is 0. The summed E-state index contributed by atoms with van der Waals surface area (Å²) in [6, 6.07) is 0. The summed E-state index contributed by atoms with van der Waals surface area (Å²) >= 11 is 0. The van der Waals surface area contributed by atoms with Crippen LogP contribution in [0.2, 0.25) is 0 Å². The molecule has 0 aromatic carbocycles. The molecule has 15 heavy (non-hydrogen) atoms. The quantitative estimate of drug-likeness (QED) is 0.499. The van der Waals surface area contributed by atoms with Crippen molar-refractivity contribution in [2.75, 3.05) is 0 Å². The summed E-state index contributed by atoms with van der Waals surface area (Å²) in [6.45, 7) is 10.3. The molecule has 0 aliphatic heterocycles. The van der Waals surface area contributed by atoms with Crippen molar-refractivity contribution in [1.82, 2.24) is 0 Å². The standard InChI is InChI=1S/C15H25/c1-5-7-8-11-15(4)13-9-12-14(3)10-6-2/h5,7,10,13H,2,6,8-9,11-12H2,1,3-4H3/b7-5+,14-10+,15-13+. The molecule has 0 rings (SSSR count). The minimum Gasteiger partial charge on any atom is -0.0917 e. The van der Waals surface area contributed by atoms with E-state index in [9.17, 15) is 0 Å². The van der Waals surface area contributed by atoms with Crippen molar-refractivity contribution in [1.29, 1.82) is 0 Å². The van der Waals surface area contributed by atoms with Crippen molar-refractivity contribution < 1.29 is 0 Å². The zero-order chi connectivity index (χ0) is 11.5. The lowest BCUT2D eigenvalue weighted by molar-refractivity contribution is 0.918. The Labute approximate surface area is 95.8 Å². The summed E-state index contributed by atoms with van der Waals surface area (Å²) in [6.07, 6.45) is 14.6. The monoisotopic (exact) mass is 205 g/mol. The van der Waals surface area contributed by atoms with E-state index in [0.29, 0.717) is 0 Å². The Morgan fingerprint density at radius 3 is 2.20 bits per heavy atom. The van der Waals surface area contributed by atoms with Crippen LogP contribution in [0.1, 0.15) is 52.9 Å². The van der Waals surface area contributed by atoms with E-state index >= 15 is 0 Å². The van der Waals surface area contributed by atoms with E-state index in [4.69, 9.17) is 0 Å². The molecule has 0 aromatic heterocycles. The van der Waals surface area contributed by atoms with Crippen LogP contribution in [0.4, 0.5) is 0 Å². The summed E-state index contributed by atoms with van der Waals surface area (Å²) in [5.74, 6) is 0. The number of rotatable bonds is 7. The predicted molar refractivity (Wildman–Crippen MR) is 70.8 cm³/mol. The van der Waals surface area contributed by atoms with Gasteiger partial charge in [-0.05, 0) is 59.8 Å². The minimum atomic E-state index is 0.913. The molecule has 1 radical (unpaired) electrons. The molecular formula is C15H25. The molecule has 0 heterocycles. The molecule has 0 nitrogen and oxygen atoms in total. The molecule has 0 amide bonds. The molecule has 0 unspecified atom stereocenters. The molecule has 0 aromatic rings. The smallest absolute Gasteiger partial charge is 0.0288 e. The van der Waals surface area contributed by atoms with E-state index in [1.807, 2.05) is 0 Å². The molecule has 0 saturated carbocycles. The Bertz CT molecular complexity index is 228. The molecular weight excluding hydrogens is 180 g/mol. The molecule has 0 saturated heterocycles. The first kappa shape index (κ1) is 14.2. The highest BCUT2D eigenvalue weighted by Crippen LogP contribution is 2.10. The second-order valence-electron chi connectivity index (χ2n) is 4.04. The fourth-order valence-electron chi connectivity index (χ4n) is 1.47. The summed E-state index contributed by atoms with van der Waals surface area (Å²) in [4.78, 5) is 0. The van der Waals surface area contributed by atoms with E-state index in [2.05, 4.69) is 52.0 Å². The van der Waals surface area contributed by atoms with E-state index in [0.717, 1.165) is 6.42 Å². The molecule has 85 valence electrons. The van der Waals surface area contributed by atoms with Crippen molar-refractivity contribution in [2.24, 2.45) is 0 Å². The summed E-state index contributed by atoms with van der Waals surface area (Å²) in [5, 5.41) is 0. The topological polar surface area (TPSA) is 0 Å². The first-order chi connectivity index (χ1) is 7.20. The van der Waals surface area contributed by atoms with Gasteiger partial charge in [0.25, 0.3) is 0 Å². The Hall–Kier alpha value is -0.780. The Balaban J connectivity index is 3.71. The van der Waals surface area contributed by atoms with Crippen LogP contribution in [-0.4, -0.2) is 0 Å². The van der Waals surface area contributed by atoms with Crippen LogP contribution in [0.15, 0.2) is 35.5 Å². The minimum absolute atomic E-state index is 0.913. The highest BCUT2D eigenvalue weighted by Gasteiger charge is 1.90. The Morgan fingerprint density at radius 1 is 1.00 bits per heavy atom. The molecule has 0 bridgehead atoms. The second-order valence-corrected chi connectivity index (χ2v) is 4.04. The van der Waals surface area contributed by atoms with E-state index < -0.39 is 0 Å². The second kappa shape index (κ2) is 9.76. The van der Waals surface area contributed by atoms with Crippen molar-refractivity contribution in [3.63, 3.8) is 0 Å². The average molecular weight is 205 g/mol. The van der Waals surface area contributed by atoms with Crippen LogP contribution in [0, 0.1) is 6.92 Å². The summed E-state index contributed by atoms with van der Waals surface area (Å²) in [5.41, 5.74) is 2.97. The van der Waals surface area contributed by atoms with Gasteiger partial charge in [0.05, 0.1) is 0 Å². The predicted octanol–water partition coefficient (Wildman–Crippen LogP) is 5.24. The van der Waals surface area contributed by atoms with Crippen molar-refractivity contribution in [3.8, 4) is 0 Å². The maximum Gasteiger partial charge on any atom is -0.0288 e. The van der Waals surface area contributed by atoms with E-state index in [-0.39, 0.29) is 0 Å². The maximum absolute atomic E-state index is 3.82.